The van der Waals surface area contributed by atoms with E-state index in [1.54, 1.807) is 23.1 Å². The van der Waals surface area contributed by atoms with E-state index in [1.165, 1.54) is 7.11 Å². The number of amides is 2. The Balaban J connectivity index is 2.00. The van der Waals surface area contributed by atoms with Crippen LogP contribution in [0.2, 0.25) is 0 Å². The Kier molecular flexibility index (Phi) is 4.12. The molecule has 1 aromatic rings. The summed E-state index contributed by atoms with van der Waals surface area (Å²) in [6, 6.07) is 5.20. The number of rotatable bonds is 2. The number of benzene rings is 1. The van der Waals surface area contributed by atoms with Crippen molar-refractivity contribution in [1.82, 2.24) is 10.2 Å². The van der Waals surface area contributed by atoms with Crippen molar-refractivity contribution in [2.75, 3.05) is 25.9 Å². The molecule has 108 valence electrons. The van der Waals surface area contributed by atoms with E-state index in [4.69, 9.17) is 5.73 Å². The topological polar surface area (TPSA) is 84.7 Å². The summed E-state index contributed by atoms with van der Waals surface area (Å²) in [6.07, 6.45) is 0.266. The molecule has 0 radical (unpaired) electrons. The van der Waals surface area contributed by atoms with Crippen LogP contribution in [-0.2, 0) is 4.74 Å². The summed E-state index contributed by atoms with van der Waals surface area (Å²) in [6.45, 7) is 2.99. The fourth-order valence-electron chi connectivity index (χ4n) is 2.28. The van der Waals surface area contributed by atoms with E-state index in [9.17, 15) is 9.59 Å². The van der Waals surface area contributed by atoms with E-state index < -0.39 is 6.09 Å². The average Bonchev–Trinajstić information content (AvgIpc) is 2.89. The number of anilines is 1. The molecule has 0 aliphatic carbocycles. The van der Waals surface area contributed by atoms with Crippen LogP contribution in [0.5, 0.6) is 0 Å². The molecule has 1 saturated heterocycles. The summed E-state index contributed by atoms with van der Waals surface area (Å²) in [5, 5.41) is 2.71. The molecule has 3 N–H and O–H groups in total. The van der Waals surface area contributed by atoms with Gasteiger partial charge < -0.3 is 20.7 Å². The number of nitrogens with zero attached hydrogens (tertiary/aromatic N) is 1. The van der Waals surface area contributed by atoms with Crippen molar-refractivity contribution in [3.05, 3.63) is 29.3 Å². The number of likely N-dealkylation sites (tertiary alicyclic amines) is 1. The number of nitrogens with one attached hydrogen (secondary N) is 1. The van der Waals surface area contributed by atoms with Gasteiger partial charge in [0.05, 0.1) is 13.2 Å². The maximum Gasteiger partial charge on any atom is 0.407 e. The standard InChI is InChI=1S/C14H19N3O3/c1-9-7-10(3-4-12(9)15)13(18)17-6-5-11(8-17)16-14(19)20-2/h3-4,7,11H,5-6,8,15H2,1-2H3,(H,16,19). The number of carbonyl (C=O) groups is 2. The zero-order valence-electron chi connectivity index (χ0n) is 11.7. The maximum absolute atomic E-state index is 12.4. The Morgan fingerprint density at radius 1 is 1.45 bits per heavy atom. The van der Waals surface area contributed by atoms with Gasteiger partial charge in [0.25, 0.3) is 5.91 Å². The highest BCUT2D eigenvalue weighted by Gasteiger charge is 2.28. The van der Waals surface area contributed by atoms with Crippen LogP contribution >= 0.6 is 0 Å². The molecule has 6 heteroatoms. The minimum Gasteiger partial charge on any atom is -0.453 e. The molecule has 2 rings (SSSR count). The number of alkyl carbamates (subject to hydrolysis) is 1. The average molecular weight is 277 g/mol. The van der Waals surface area contributed by atoms with Crippen molar-refractivity contribution in [3.8, 4) is 0 Å². The highest BCUT2D eigenvalue weighted by molar-refractivity contribution is 5.95. The second-order valence-electron chi connectivity index (χ2n) is 4.94. The molecule has 0 saturated carbocycles. The Morgan fingerprint density at radius 3 is 2.85 bits per heavy atom. The number of nitrogen functional groups attached to an aromatic ring is 1. The van der Waals surface area contributed by atoms with Crippen molar-refractivity contribution >= 4 is 17.7 Å². The Bertz CT molecular complexity index is 530. The smallest absolute Gasteiger partial charge is 0.407 e. The molecule has 2 amide bonds. The third-order valence-electron chi connectivity index (χ3n) is 3.50. The van der Waals surface area contributed by atoms with Gasteiger partial charge in [-0.25, -0.2) is 4.79 Å². The monoisotopic (exact) mass is 277 g/mol. The molecular formula is C14H19N3O3. The molecule has 1 heterocycles. The second-order valence-corrected chi connectivity index (χ2v) is 4.94. The summed E-state index contributed by atoms with van der Waals surface area (Å²) in [7, 11) is 1.32. The zero-order chi connectivity index (χ0) is 14.7. The summed E-state index contributed by atoms with van der Waals surface area (Å²) in [5.41, 5.74) is 7.93. The first-order valence-electron chi connectivity index (χ1n) is 6.51. The first kappa shape index (κ1) is 14.2. The molecule has 0 aromatic heterocycles. The predicted molar refractivity (Wildman–Crippen MR) is 75.4 cm³/mol. The van der Waals surface area contributed by atoms with Crippen molar-refractivity contribution in [2.45, 2.75) is 19.4 Å². The summed E-state index contributed by atoms with van der Waals surface area (Å²) < 4.78 is 4.55. The lowest BCUT2D eigenvalue weighted by Gasteiger charge is -2.17. The summed E-state index contributed by atoms with van der Waals surface area (Å²) in [4.78, 5) is 25.2. The molecule has 1 atom stereocenters. The number of methoxy groups -OCH3 is 1. The van der Waals surface area contributed by atoms with Crippen LogP contribution in [0, 0.1) is 6.92 Å². The van der Waals surface area contributed by atoms with Gasteiger partial charge in [0.1, 0.15) is 0 Å². The molecule has 0 spiro atoms. The third-order valence-corrected chi connectivity index (χ3v) is 3.50. The molecule has 6 nitrogen and oxygen atoms in total. The van der Waals surface area contributed by atoms with Gasteiger partial charge in [-0.05, 0) is 37.1 Å². The lowest BCUT2D eigenvalue weighted by molar-refractivity contribution is 0.0788. The van der Waals surface area contributed by atoms with E-state index in [2.05, 4.69) is 10.1 Å². The molecule has 0 bridgehead atoms. The van der Waals surface area contributed by atoms with Gasteiger partial charge in [0.15, 0.2) is 0 Å². The first-order chi connectivity index (χ1) is 9.51. The Hall–Kier alpha value is -2.24. The minimum atomic E-state index is -0.465. The van der Waals surface area contributed by atoms with Gasteiger partial charge in [-0.15, -0.1) is 0 Å². The summed E-state index contributed by atoms with van der Waals surface area (Å²) in [5.74, 6) is -0.0396. The van der Waals surface area contributed by atoms with Gasteiger partial charge in [-0.1, -0.05) is 0 Å². The highest BCUT2D eigenvalue weighted by atomic mass is 16.5. The zero-order valence-corrected chi connectivity index (χ0v) is 11.7. The SMILES string of the molecule is COC(=O)NC1CCN(C(=O)c2ccc(N)c(C)c2)C1. The quantitative estimate of drug-likeness (QED) is 0.794. The van der Waals surface area contributed by atoms with E-state index >= 15 is 0 Å². The number of hydrogen-bond donors (Lipinski definition) is 2. The van der Waals surface area contributed by atoms with E-state index in [0.717, 1.165) is 12.0 Å². The molecule has 1 aromatic carbocycles. The van der Waals surface area contributed by atoms with Crippen LogP contribution in [0.3, 0.4) is 0 Å². The van der Waals surface area contributed by atoms with Crippen LogP contribution < -0.4 is 11.1 Å². The molecule has 1 fully saturated rings. The molecule has 1 unspecified atom stereocenters. The second kappa shape index (κ2) is 5.81. The van der Waals surface area contributed by atoms with Crippen molar-refractivity contribution in [1.29, 1.82) is 0 Å². The van der Waals surface area contributed by atoms with Crippen LogP contribution in [0.1, 0.15) is 22.3 Å². The number of ether oxygens (including phenoxy) is 1. The Morgan fingerprint density at radius 2 is 2.20 bits per heavy atom. The van der Waals surface area contributed by atoms with Crippen LogP contribution in [0.25, 0.3) is 0 Å². The largest absolute Gasteiger partial charge is 0.453 e. The normalized spacial score (nSPS) is 17.9. The molecular weight excluding hydrogens is 258 g/mol. The number of hydrogen-bond acceptors (Lipinski definition) is 4. The van der Waals surface area contributed by atoms with E-state index in [1.807, 2.05) is 6.92 Å². The minimum absolute atomic E-state index is 0.0396. The Labute approximate surface area is 117 Å². The van der Waals surface area contributed by atoms with Crippen LogP contribution in [0.4, 0.5) is 10.5 Å². The lowest BCUT2D eigenvalue weighted by Crippen LogP contribution is -2.38. The predicted octanol–water partition coefficient (Wildman–Crippen LogP) is 1.15. The number of carbonyl (C=O) groups excluding carboxylic acids is 2. The van der Waals surface area contributed by atoms with Crippen molar-refractivity contribution in [3.63, 3.8) is 0 Å². The third kappa shape index (κ3) is 3.01. The fourth-order valence-corrected chi connectivity index (χ4v) is 2.28. The van der Waals surface area contributed by atoms with Gasteiger partial charge >= 0.3 is 6.09 Å². The van der Waals surface area contributed by atoms with Gasteiger partial charge in [0, 0.05) is 24.3 Å². The van der Waals surface area contributed by atoms with Gasteiger partial charge in [0.2, 0.25) is 0 Å². The van der Waals surface area contributed by atoms with E-state index in [0.29, 0.717) is 24.3 Å². The maximum atomic E-state index is 12.4. The summed E-state index contributed by atoms with van der Waals surface area (Å²) >= 11 is 0. The molecule has 1 aliphatic rings. The van der Waals surface area contributed by atoms with Crippen molar-refractivity contribution in [2.24, 2.45) is 0 Å². The highest BCUT2D eigenvalue weighted by Crippen LogP contribution is 2.17. The van der Waals surface area contributed by atoms with E-state index in [-0.39, 0.29) is 11.9 Å². The number of aryl methyl sites for hydroxylation is 1. The van der Waals surface area contributed by atoms with Crippen molar-refractivity contribution < 1.29 is 14.3 Å². The van der Waals surface area contributed by atoms with Crippen LogP contribution in [0.15, 0.2) is 18.2 Å². The van der Waals surface area contributed by atoms with Crippen LogP contribution in [-0.4, -0.2) is 43.1 Å². The number of nitrogens with two attached hydrogens (primary N) is 1. The molecule has 20 heavy (non-hydrogen) atoms. The molecule has 1 aliphatic heterocycles. The first-order valence-corrected chi connectivity index (χ1v) is 6.51. The van der Waals surface area contributed by atoms with Gasteiger partial charge in [-0.3, -0.25) is 4.79 Å². The van der Waals surface area contributed by atoms with Gasteiger partial charge in [-0.2, -0.15) is 0 Å². The lowest BCUT2D eigenvalue weighted by atomic mass is 10.1. The fraction of sp³-hybridized carbons (Fsp3) is 0.429.